The van der Waals surface area contributed by atoms with Crippen molar-refractivity contribution in [2.24, 2.45) is 11.7 Å². The van der Waals surface area contributed by atoms with Crippen LogP contribution in [-0.2, 0) is 4.74 Å². The molecule has 0 aliphatic heterocycles. The Bertz CT molecular complexity index is 468. The Balaban J connectivity index is 1.80. The van der Waals surface area contributed by atoms with Crippen molar-refractivity contribution in [1.82, 2.24) is 0 Å². The monoisotopic (exact) mass is 265 g/mol. The van der Waals surface area contributed by atoms with E-state index >= 15 is 0 Å². The van der Waals surface area contributed by atoms with Crippen LogP contribution in [0, 0.1) is 16.0 Å². The maximum atomic E-state index is 11.5. The molecule has 1 fully saturated rings. The topological polar surface area (TPSA) is 107 Å². The molecule has 1 aliphatic rings. The zero-order valence-corrected chi connectivity index (χ0v) is 10.2. The molecule has 1 aromatic carbocycles. The highest BCUT2D eigenvalue weighted by Gasteiger charge is 2.30. The number of hydrogen-bond donors (Lipinski definition) is 2. The Morgan fingerprint density at radius 3 is 2.58 bits per heavy atom. The fraction of sp³-hybridized carbons (Fsp3) is 0.417. The number of nitrogens with zero attached hydrogens (tertiary/aromatic N) is 1. The summed E-state index contributed by atoms with van der Waals surface area (Å²) in [7, 11) is 0. The first-order valence-corrected chi connectivity index (χ1v) is 6.00. The van der Waals surface area contributed by atoms with E-state index in [1.54, 1.807) is 0 Å². The SMILES string of the molecule is NCC1CC(OC(=O)Nc2ccc([N+](=O)[O-])cc2)C1. The van der Waals surface area contributed by atoms with Gasteiger partial charge in [0.2, 0.25) is 0 Å². The molecule has 0 heterocycles. The third-order valence-corrected chi connectivity index (χ3v) is 3.12. The largest absolute Gasteiger partial charge is 0.446 e. The van der Waals surface area contributed by atoms with Gasteiger partial charge in [0.15, 0.2) is 0 Å². The number of carbonyl (C=O) groups is 1. The van der Waals surface area contributed by atoms with Gasteiger partial charge in [-0.1, -0.05) is 0 Å². The van der Waals surface area contributed by atoms with Gasteiger partial charge < -0.3 is 10.5 Å². The summed E-state index contributed by atoms with van der Waals surface area (Å²) in [6.07, 6.45) is 0.967. The summed E-state index contributed by atoms with van der Waals surface area (Å²) in [5.41, 5.74) is 5.92. The van der Waals surface area contributed by atoms with Crippen molar-refractivity contribution in [3.05, 3.63) is 34.4 Å². The first-order valence-electron chi connectivity index (χ1n) is 6.00. The molecule has 19 heavy (non-hydrogen) atoms. The van der Waals surface area contributed by atoms with Gasteiger partial charge in [-0.3, -0.25) is 15.4 Å². The number of anilines is 1. The third kappa shape index (κ3) is 3.41. The van der Waals surface area contributed by atoms with Crippen LogP contribution in [0.1, 0.15) is 12.8 Å². The fourth-order valence-corrected chi connectivity index (χ4v) is 1.93. The predicted molar refractivity (Wildman–Crippen MR) is 68.8 cm³/mol. The lowest BCUT2D eigenvalue weighted by molar-refractivity contribution is -0.384. The van der Waals surface area contributed by atoms with Crippen LogP contribution in [0.4, 0.5) is 16.2 Å². The summed E-state index contributed by atoms with van der Waals surface area (Å²) in [5, 5.41) is 13.0. The van der Waals surface area contributed by atoms with E-state index < -0.39 is 11.0 Å². The molecule has 0 unspecified atom stereocenters. The summed E-state index contributed by atoms with van der Waals surface area (Å²) < 4.78 is 5.16. The lowest BCUT2D eigenvalue weighted by Crippen LogP contribution is -2.38. The minimum absolute atomic E-state index is 0.0244. The van der Waals surface area contributed by atoms with E-state index in [1.165, 1.54) is 24.3 Å². The van der Waals surface area contributed by atoms with Gasteiger partial charge in [0, 0.05) is 17.8 Å². The molecule has 0 bridgehead atoms. The van der Waals surface area contributed by atoms with Crippen molar-refractivity contribution in [2.75, 3.05) is 11.9 Å². The van der Waals surface area contributed by atoms with E-state index in [1.807, 2.05) is 0 Å². The first kappa shape index (κ1) is 13.3. The number of nitro benzene ring substituents is 1. The highest BCUT2D eigenvalue weighted by atomic mass is 16.6. The minimum Gasteiger partial charge on any atom is -0.446 e. The van der Waals surface area contributed by atoms with Gasteiger partial charge >= 0.3 is 6.09 Å². The molecule has 1 amide bonds. The third-order valence-electron chi connectivity index (χ3n) is 3.12. The lowest BCUT2D eigenvalue weighted by atomic mass is 9.82. The van der Waals surface area contributed by atoms with Gasteiger partial charge in [0.25, 0.3) is 5.69 Å². The van der Waals surface area contributed by atoms with Crippen LogP contribution in [0.15, 0.2) is 24.3 Å². The Kier molecular flexibility index (Phi) is 3.96. The summed E-state index contributed by atoms with van der Waals surface area (Å²) in [6, 6.07) is 5.57. The second-order valence-corrected chi connectivity index (χ2v) is 4.53. The molecule has 7 heteroatoms. The number of hydrogen-bond acceptors (Lipinski definition) is 5. The fourth-order valence-electron chi connectivity index (χ4n) is 1.93. The molecule has 1 aliphatic carbocycles. The maximum Gasteiger partial charge on any atom is 0.411 e. The molecule has 0 radical (unpaired) electrons. The second-order valence-electron chi connectivity index (χ2n) is 4.53. The number of non-ortho nitro benzene ring substituents is 1. The standard InChI is InChI=1S/C12H15N3O4/c13-7-8-5-11(6-8)19-12(16)14-9-1-3-10(4-2-9)15(17)18/h1-4,8,11H,5-7,13H2,(H,14,16). The van der Waals surface area contributed by atoms with Crippen LogP contribution < -0.4 is 11.1 Å². The van der Waals surface area contributed by atoms with Crippen LogP contribution >= 0.6 is 0 Å². The second kappa shape index (κ2) is 5.66. The van der Waals surface area contributed by atoms with E-state index in [4.69, 9.17) is 10.5 Å². The number of benzene rings is 1. The summed E-state index contributed by atoms with van der Waals surface area (Å²) >= 11 is 0. The van der Waals surface area contributed by atoms with Gasteiger partial charge in [-0.05, 0) is 37.4 Å². The Morgan fingerprint density at radius 2 is 2.05 bits per heavy atom. The highest BCUT2D eigenvalue weighted by molar-refractivity contribution is 5.84. The molecule has 0 aromatic heterocycles. The molecule has 0 saturated heterocycles. The number of rotatable bonds is 4. The number of nitrogens with one attached hydrogen (secondary N) is 1. The molecular formula is C12H15N3O4. The zero-order valence-electron chi connectivity index (χ0n) is 10.2. The van der Waals surface area contributed by atoms with E-state index in [2.05, 4.69) is 5.32 Å². The minimum atomic E-state index is -0.547. The quantitative estimate of drug-likeness (QED) is 0.638. The first-order chi connectivity index (χ1) is 9.08. The van der Waals surface area contributed by atoms with Gasteiger partial charge in [-0.2, -0.15) is 0 Å². The lowest BCUT2D eigenvalue weighted by Gasteiger charge is -2.33. The van der Waals surface area contributed by atoms with Crippen molar-refractivity contribution in [1.29, 1.82) is 0 Å². The Labute approximate surface area is 109 Å². The number of nitro groups is 1. The van der Waals surface area contributed by atoms with Gasteiger partial charge in [-0.15, -0.1) is 0 Å². The average molecular weight is 265 g/mol. The normalized spacial score (nSPS) is 21.3. The van der Waals surface area contributed by atoms with E-state index in [0.717, 1.165) is 12.8 Å². The van der Waals surface area contributed by atoms with Crippen molar-refractivity contribution >= 4 is 17.5 Å². The number of nitrogens with two attached hydrogens (primary N) is 1. The summed E-state index contributed by atoms with van der Waals surface area (Å²) in [6.45, 7) is 0.615. The number of carbonyl (C=O) groups excluding carboxylic acids is 1. The zero-order chi connectivity index (χ0) is 13.8. The van der Waals surface area contributed by atoms with Crippen molar-refractivity contribution in [2.45, 2.75) is 18.9 Å². The molecule has 3 N–H and O–H groups in total. The van der Waals surface area contributed by atoms with E-state index in [9.17, 15) is 14.9 Å². The van der Waals surface area contributed by atoms with Gasteiger partial charge in [-0.25, -0.2) is 4.79 Å². The van der Waals surface area contributed by atoms with Gasteiger partial charge in [0.1, 0.15) is 6.10 Å². The summed E-state index contributed by atoms with van der Waals surface area (Å²) in [5.74, 6) is 0.442. The molecule has 7 nitrogen and oxygen atoms in total. The van der Waals surface area contributed by atoms with Crippen molar-refractivity contribution in [3.8, 4) is 0 Å². The van der Waals surface area contributed by atoms with Crippen LogP contribution in [0.25, 0.3) is 0 Å². The molecule has 1 saturated carbocycles. The van der Waals surface area contributed by atoms with Crippen LogP contribution in [0.5, 0.6) is 0 Å². The Morgan fingerprint density at radius 1 is 1.42 bits per heavy atom. The molecule has 2 rings (SSSR count). The van der Waals surface area contributed by atoms with Crippen LogP contribution in [-0.4, -0.2) is 23.7 Å². The molecule has 0 atom stereocenters. The highest BCUT2D eigenvalue weighted by Crippen LogP contribution is 2.29. The number of ether oxygens (including phenoxy) is 1. The Hall–Kier alpha value is -2.15. The van der Waals surface area contributed by atoms with Crippen molar-refractivity contribution in [3.63, 3.8) is 0 Å². The molecular weight excluding hydrogens is 250 g/mol. The summed E-state index contributed by atoms with van der Waals surface area (Å²) in [4.78, 5) is 21.5. The predicted octanol–water partition coefficient (Wildman–Crippen LogP) is 1.88. The maximum absolute atomic E-state index is 11.5. The average Bonchev–Trinajstić information content (AvgIpc) is 2.33. The molecule has 102 valence electrons. The van der Waals surface area contributed by atoms with Crippen molar-refractivity contribution < 1.29 is 14.5 Å². The molecule has 0 spiro atoms. The van der Waals surface area contributed by atoms with Crippen LogP contribution in [0.2, 0.25) is 0 Å². The van der Waals surface area contributed by atoms with Crippen LogP contribution in [0.3, 0.4) is 0 Å². The van der Waals surface area contributed by atoms with E-state index in [-0.39, 0.29) is 11.8 Å². The van der Waals surface area contributed by atoms with E-state index in [0.29, 0.717) is 18.2 Å². The van der Waals surface area contributed by atoms with Gasteiger partial charge in [0.05, 0.1) is 4.92 Å². The molecule has 1 aromatic rings. The number of amides is 1. The smallest absolute Gasteiger partial charge is 0.411 e.